The lowest BCUT2D eigenvalue weighted by molar-refractivity contribution is -0.385. The summed E-state index contributed by atoms with van der Waals surface area (Å²) in [4.78, 5) is 58.4. The third-order valence-electron chi connectivity index (χ3n) is 3.15. The minimum Gasteiger partial charge on any atom is -0.336 e. The zero-order valence-electron chi connectivity index (χ0n) is 12.9. The minimum atomic E-state index is -0.943. The largest absolute Gasteiger partial charge is 0.336 e. The van der Waals surface area contributed by atoms with Gasteiger partial charge in [0.05, 0.1) is 10.5 Å². The first kappa shape index (κ1) is 17.1. The van der Waals surface area contributed by atoms with Crippen LogP contribution in [0.3, 0.4) is 0 Å². The summed E-state index contributed by atoms with van der Waals surface area (Å²) in [7, 11) is 0. The Morgan fingerprint density at radius 1 is 1.25 bits per heavy atom. The molecule has 1 aliphatic rings. The molecule has 0 bridgehead atoms. The van der Waals surface area contributed by atoms with Gasteiger partial charge in [-0.3, -0.25) is 34.7 Å². The molecule has 1 aliphatic heterocycles. The van der Waals surface area contributed by atoms with E-state index in [0.29, 0.717) is 4.90 Å². The maximum atomic E-state index is 12.3. The maximum absolute atomic E-state index is 12.3. The van der Waals surface area contributed by atoms with Gasteiger partial charge < -0.3 is 5.32 Å². The van der Waals surface area contributed by atoms with E-state index >= 15 is 0 Å². The van der Waals surface area contributed by atoms with Crippen LogP contribution in [0.15, 0.2) is 18.2 Å². The summed E-state index contributed by atoms with van der Waals surface area (Å²) < 4.78 is 0. The van der Waals surface area contributed by atoms with Crippen LogP contribution < -0.4 is 10.6 Å². The molecular formula is C14H14N4O6. The summed E-state index contributed by atoms with van der Waals surface area (Å²) in [5.41, 5.74) is -1.01. The van der Waals surface area contributed by atoms with Crippen molar-refractivity contribution in [2.24, 2.45) is 0 Å². The Labute approximate surface area is 136 Å². The summed E-state index contributed by atoms with van der Waals surface area (Å²) in [6, 6.07) is 2.68. The van der Waals surface area contributed by atoms with Crippen LogP contribution in [-0.4, -0.2) is 46.2 Å². The molecule has 1 aromatic rings. The Balaban J connectivity index is 2.17. The van der Waals surface area contributed by atoms with Crippen LogP contribution in [-0.2, 0) is 4.79 Å². The molecule has 2 N–H and O–H groups in total. The molecule has 0 spiro atoms. The minimum absolute atomic E-state index is 0.145. The smallest absolute Gasteiger partial charge is 0.321 e. The fourth-order valence-corrected chi connectivity index (χ4v) is 2.22. The number of rotatable bonds is 4. The van der Waals surface area contributed by atoms with Gasteiger partial charge in [0.25, 0.3) is 17.5 Å². The van der Waals surface area contributed by atoms with Crippen molar-refractivity contribution in [1.82, 2.24) is 15.5 Å². The van der Waals surface area contributed by atoms with E-state index in [2.05, 4.69) is 5.32 Å². The van der Waals surface area contributed by atoms with Crippen molar-refractivity contribution in [2.45, 2.75) is 19.9 Å². The Kier molecular flexibility index (Phi) is 4.58. The Bertz CT molecular complexity index is 758. The molecular weight excluding hydrogens is 320 g/mol. The standard InChI is InChI=1S/C14H14N4O6/c1-7(2)15-14(22)16-10(19)6-17-12(20)8-4-3-5-9(18(23)24)11(8)13(17)21/h3-5,7H,6H2,1-2H3,(H2,15,16,19,22). The summed E-state index contributed by atoms with van der Waals surface area (Å²) in [5.74, 6) is -2.65. The molecule has 0 unspecified atom stereocenters. The van der Waals surface area contributed by atoms with Crippen LogP contribution >= 0.6 is 0 Å². The molecule has 0 aliphatic carbocycles. The molecule has 2 rings (SSSR count). The van der Waals surface area contributed by atoms with Crippen molar-refractivity contribution in [3.63, 3.8) is 0 Å². The number of amides is 5. The molecule has 1 heterocycles. The first-order valence-electron chi connectivity index (χ1n) is 6.96. The topological polar surface area (TPSA) is 139 Å². The highest BCUT2D eigenvalue weighted by atomic mass is 16.6. The average Bonchev–Trinajstić information content (AvgIpc) is 2.71. The van der Waals surface area contributed by atoms with Crippen LogP contribution in [0, 0.1) is 10.1 Å². The summed E-state index contributed by atoms with van der Waals surface area (Å²) >= 11 is 0. The molecule has 0 aromatic heterocycles. The van der Waals surface area contributed by atoms with Gasteiger partial charge in [0, 0.05) is 12.1 Å². The molecule has 0 saturated carbocycles. The second kappa shape index (κ2) is 6.44. The number of benzene rings is 1. The molecule has 0 saturated heterocycles. The third kappa shape index (κ3) is 3.21. The van der Waals surface area contributed by atoms with Crippen LogP contribution in [0.4, 0.5) is 10.5 Å². The molecule has 24 heavy (non-hydrogen) atoms. The highest BCUT2D eigenvalue weighted by Gasteiger charge is 2.41. The SMILES string of the molecule is CC(C)NC(=O)NC(=O)CN1C(=O)c2cccc([N+](=O)[O-])c2C1=O. The number of imide groups is 2. The van der Waals surface area contributed by atoms with Gasteiger partial charge in [0.1, 0.15) is 12.1 Å². The number of nitro benzene ring substituents is 1. The summed E-state index contributed by atoms with van der Waals surface area (Å²) in [6.45, 7) is 2.66. The van der Waals surface area contributed by atoms with E-state index in [0.717, 1.165) is 6.07 Å². The lowest BCUT2D eigenvalue weighted by atomic mass is 10.1. The second-order valence-electron chi connectivity index (χ2n) is 5.33. The number of nitro groups is 1. The fourth-order valence-electron chi connectivity index (χ4n) is 2.22. The number of fused-ring (bicyclic) bond motifs is 1. The van der Waals surface area contributed by atoms with E-state index in [-0.39, 0.29) is 17.2 Å². The normalized spacial score (nSPS) is 13.0. The molecule has 5 amide bonds. The van der Waals surface area contributed by atoms with Gasteiger partial charge in [0.15, 0.2) is 0 Å². The van der Waals surface area contributed by atoms with Crippen molar-refractivity contribution in [3.05, 3.63) is 39.4 Å². The van der Waals surface area contributed by atoms with Crippen LogP contribution in [0.1, 0.15) is 34.6 Å². The van der Waals surface area contributed by atoms with E-state index in [1.54, 1.807) is 13.8 Å². The fraction of sp³-hybridized carbons (Fsp3) is 0.286. The molecule has 0 fully saturated rings. The second-order valence-corrected chi connectivity index (χ2v) is 5.33. The van der Waals surface area contributed by atoms with Gasteiger partial charge in [-0.05, 0) is 19.9 Å². The van der Waals surface area contributed by atoms with Crippen molar-refractivity contribution >= 4 is 29.4 Å². The van der Waals surface area contributed by atoms with E-state index in [1.165, 1.54) is 12.1 Å². The van der Waals surface area contributed by atoms with Gasteiger partial charge in [0.2, 0.25) is 5.91 Å². The van der Waals surface area contributed by atoms with Gasteiger partial charge in [-0.25, -0.2) is 4.79 Å². The average molecular weight is 334 g/mol. The lowest BCUT2D eigenvalue weighted by Crippen LogP contribution is -2.47. The van der Waals surface area contributed by atoms with Crippen molar-refractivity contribution in [2.75, 3.05) is 6.54 Å². The molecule has 0 radical (unpaired) electrons. The summed E-state index contributed by atoms with van der Waals surface area (Å²) in [5, 5.41) is 15.4. The first-order chi connectivity index (χ1) is 11.2. The Morgan fingerprint density at radius 2 is 1.92 bits per heavy atom. The number of carbonyl (C=O) groups excluding carboxylic acids is 4. The predicted octanol–water partition coefficient (Wildman–Crippen LogP) is 0.425. The molecule has 10 heteroatoms. The molecule has 10 nitrogen and oxygen atoms in total. The van der Waals surface area contributed by atoms with Crippen molar-refractivity contribution in [1.29, 1.82) is 0 Å². The van der Waals surface area contributed by atoms with E-state index in [9.17, 15) is 29.3 Å². The molecule has 0 atom stereocenters. The number of hydrogen-bond donors (Lipinski definition) is 2. The number of nitrogens with one attached hydrogen (secondary N) is 2. The van der Waals surface area contributed by atoms with Crippen molar-refractivity contribution < 1.29 is 24.1 Å². The quantitative estimate of drug-likeness (QED) is 0.465. The van der Waals surface area contributed by atoms with Crippen LogP contribution in [0.2, 0.25) is 0 Å². The van der Waals surface area contributed by atoms with E-state index in [1.807, 2.05) is 5.32 Å². The Morgan fingerprint density at radius 3 is 2.50 bits per heavy atom. The monoisotopic (exact) mass is 334 g/mol. The van der Waals surface area contributed by atoms with Gasteiger partial charge in [-0.15, -0.1) is 0 Å². The number of nitrogens with zero attached hydrogens (tertiary/aromatic N) is 2. The highest BCUT2D eigenvalue weighted by molar-refractivity contribution is 6.24. The maximum Gasteiger partial charge on any atom is 0.321 e. The van der Waals surface area contributed by atoms with Gasteiger partial charge in [-0.1, -0.05) is 6.07 Å². The zero-order chi connectivity index (χ0) is 18.0. The number of hydrogen-bond acceptors (Lipinski definition) is 6. The lowest BCUT2D eigenvalue weighted by Gasteiger charge is -2.14. The number of urea groups is 1. The van der Waals surface area contributed by atoms with Crippen LogP contribution in [0.25, 0.3) is 0 Å². The predicted molar refractivity (Wildman–Crippen MR) is 80.3 cm³/mol. The summed E-state index contributed by atoms with van der Waals surface area (Å²) in [6.07, 6.45) is 0. The third-order valence-corrected chi connectivity index (χ3v) is 3.15. The van der Waals surface area contributed by atoms with E-state index in [4.69, 9.17) is 0 Å². The zero-order valence-corrected chi connectivity index (χ0v) is 12.9. The Hall–Kier alpha value is -3.30. The number of carbonyl (C=O) groups is 4. The van der Waals surface area contributed by atoms with E-state index < -0.39 is 40.9 Å². The van der Waals surface area contributed by atoms with Gasteiger partial charge in [-0.2, -0.15) is 0 Å². The van der Waals surface area contributed by atoms with Gasteiger partial charge >= 0.3 is 6.03 Å². The first-order valence-corrected chi connectivity index (χ1v) is 6.96. The van der Waals surface area contributed by atoms with Crippen molar-refractivity contribution in [3.8, 4) is 0 Å². The molecule has 1 aromatic carbocycles. The molecule has 126 valence electrons. The van der Waals surface area contributed by atoms with Crippen LogP contribution in [0.5, 0.6) is 0 Å². The highest BCUT2D eigenvalue weighted by Crippen LogP contribution is 2.30.